The molecule has 0 bridgehead atoms. The first-order valence-corrected chi connectivity index (χ1v) is 4.07. The number of nitrogens with zero attached hydrogens (tertiary/aromatic N) is 1. The first kappa shape index (κ1) is 11.1. The fraction of sp³-hybridized carbons (Fsp3) is 0.286. The van der Waals surface area contributed by atoms with E-state index < -0.39 is 11.4 Å². The molecule has 1 unspecified atom stereocenters. The van der Waals surface area contributed by atoms with Crippen LogP contribution in [0.25, 0.3) is 0 Å². The number of pyridine rings is 1. The van der Waals surface area contributed by atoms with Crippen LogP contribution in [0.15, 0.2) is 18.5 Å². The van der Waals surface area contributed by atoms with E-state index in [2.05, 4.69) is 4.98 Å². The van der Waals surface area contributed by atoms with E-state index >= 15 is 0 Å². The predicted octanol–water partition coefficient (Wildman–Crippen LogP) is 1.000. The van der Waals surface area contributed by atoms with Crippen LogP contribution in [0.2, 0.25) is 0 Å². The Kier molecular flexibility index (Phi) is 3.20. The maximum Gasteiger partial charge on any atom is 0.342 e. The second kappa shape index (κ2) is 4.04. The molecule has 0 aromatic carbocycles. The molecule has 1 aromatic rings. The summed E-state index contributed by atoms with van der Waals surface area (Å²) in [6.07, 6.45) is 2.58. The van der Waals surface area contributed by atoms with Crippen LogP contribution >= 0.6 is 11.6 Å². The summed E-state index contributed by atoms with van der Waals surface area (Å²) in [6.45, 7) is 0. The molecule has 0 spiro atoms. The van der Waals surface area contributed by atoms with Gasteiger partial charge in [-0.25, -0.2) is 5.43 Å². The number of halogens is 3. The highest BCUT2D eigenvalue weighted by Crippen LogP contribution is 2.36. The Hall–Kier alpha value is -0.980. The number of alkyl halides is 3. The van der Waals surface area contributed by atoms with Gasteiger partial charge in [-0.05, 0) is 17.7 Å². The highest BCUT2D eigenvalue weighted by Gasteiger charge is 2.38. The number of nitrogens with one attached hydrogen (secondary N) is 1. The lowest BCUT2D eigenvalue weighted by Gasteiger charge is -2.21. The van der Waals surface area contributed by atoms with Gasteiger partial charge in [0.05, 0.1) is 0 Å². The van der Waals surface area contributed by atoms with E-state index in [0.717, 1.165) is 0 Å². The van der Waals surface area contributed by atoms with Crippen molar-refractivity contribution in [3.05, 3.63) is 24.0 Å². The molecule has 1 aromatic heterocycles. The number of hydrazine groups is 1. The molecule has 4 nitrogen and oxygen atoms in total. The van der Waals surface area contributed by atoms with E-state index in [4.69, 9.17) is 23.2 Å². The molecular weight excluding hydrogens is 214 g/mol. The van der Waals surface area contributed by atoms with Gasteiger partial charge in [-0.15, -0.1) is 0 Å². The molecule has 0 aliphatic rings. The lowest BCUT2D eigenvalue weighted by molar-refractivity contribution is 0.0499. The van der Waals surface area contributed by atoms with Crippen LogP contribution in [0.1, 0.15) is 11.6 Å². The van der Waals surface area contributed by atoms with Crippen molar-refractivity contribution < 1.29 is 8.78 Å². The number of nitrogen functional groups attached to an aromatic ring is 1. The molecular formula is C7H9ClF2N4. The maximum absolute atomic E-state index is 12.8. The van der Waals surface area contributed by atoms with Crippen LogP contribution in [-0.4, -0.2) is 10.4 Å². The molecule has 0 aliphatic heterocycles. The number of hydrogen-bond donors (Lipinski definition) is 3. The molecule has 1 atom stereocenters. The van der Waals surface area contributed by atoms with Gasteiger partial charge >= 0.3 is 5.38 Å². The monoisotopic (exact) mass is 222 g/mol. The van der Waals surface area contributed by atoms with E-state index in [0.29, 0.717) is 0 Å². The molecule has 0 aliphatic carbocycles. The average Bonchev–Trinajstić information content (AvgIpc) is 2.07. The summed E-state index contributed by atoms with van der Waals surface area (Å²) in [7, 11) is 0. The zero-order valence-corrected chi connectivity index (χ0v) is 7.80. The molecule has 7 heteroatoms. The van der Waals surface area contributed by atoms with Crippen molar-refractivity contribution in [2.45, 2.75) is 11.4 Å². The van der Waals surface area contributed by atoms with Gasteiger partial charge in [-0.2, -0.15) is 8.78 Å². The second-order valence-corrected chi connectivity index (χ2v) is 3.15. The predicted molar refractivity (Wildman–Crippen MR) is 49.5 cm³/mol. The normalized spacial score (nSPS) is 14.0. The van der Waals surface area contributed by atoms with E-state index in [-0.39, 0.29) is 11.3 Å². The Morgan fingerprint density at radius 3 is 2.64 bits per heavy atom. The van der Waals surface area contributed by atoms with Gasteiger partial charge in [0.2, 0.25) is 0 Å². The third-order valence-electron chi connectivity index (χ3n) is 1.69. The van der Waals surface area contributed by atoms with Gasteiger partial charge in [0.25, 0.3) is 0 Å². The Morgan fingerprint density at radius 2 is 2.21 bits per heavy atom. The molecule has 1 heterocycles. The highest BCUT2D eigenvalue weighted by molar-refractivity contribution is 6.22. The smallest absolute Gasteiger partial charge is 0.342 e. The van der Waals surface area contributed by atoms with Gasteiger partial charge in [0.1, 0.15) is 6.04 Å². The lowest BCUT2D eigenvalue weighted by atomic mass is 10.1. The van der Waals surface area contributed by atoms with E-state index in [1.54, 1.807) is 0 Å². The lowest BCUT2D eigenvalue weighted by Crippen LogP contribution is -2.38. The van der Waals surface area contributed by atoms with Crippen LogP contribution < -0.4 is 17.0 Å². The quantitative estimate of drug-likeness (QED) is 0.405. The summed E-state index contributed by atoms with van der Waals surface area (Å²) in [4.78, 5) is 3.66. The van der Waals surface area contributed by atoms with Crippen molar-refractivity contribution in [3.8, 4) is 0 Å². The largest absolute Gasteiger partial charge is 0.398 e. The Labute approximate surface area is 84.2 Å². The van der Waals surface area contributed by atoms with Gasteiger partial charge in [-0.1, -0.05) is 0 Å². The minimum Gasteiger partial charge on any atom is -0.398 e. The van der Waals surface area contributed by atoms with E-state index in [1.807, 2.05) is 5.43 Å². The van der Waals surface area contributed by atoms with Crippen LogP contribution in [0.4, 0.5) is 14.5 Å². The minimum atomic E-state index is -3.52. The van der Waals surface area contributed by atoms with Crippen LogP contribution in [0, 0.1) is 0 Å². The number of aromatic nitrogens is 1. The van der Waals surface area contributed by atoms with Crippen molar-refractivity contribution in [3.63, 3.8) is 0 Å². The molecule has 0 fully saturated rings. The summed E-state index contributed by atoms with van der Waals surface area (Å²) in [6, 6.07) is -0.166. The van der Waals surface area contributed by atoms with Gasteiger partial charge in [0.15, 0.2) is 0 Å². The van der Waals surface area contributed by atoms with Crippen molar-refractivity contribution in [1.29, 1.82) is 0 Å². The SMILES string of the molecule is NNC(c1cnccc1N)C(F)(F)Cl. The number of nitrogens with two attached hydrogens (primary N) is 2. The average molecular weight is 223 g/mol. The molecule has 0 amide bonds. The zero-order chi connectivity index (χ0) is 10.8. The van der Waals surface area contributed by atoms with Crippen molar-refractivity contribution in [2.75, 3.05) is 5.73 Å². The van der Waals surface area contributed by atoms with Gasteiger partial charge in [-0.3, -0.25) is 10.8 Å². The molecule has 14 heavy (non-hydrogen) atoms. The van der Waals surface area contributed by atoms with Crippen molar-refractivity contribution in [2.24, 2.45) is 5.84 Å². The topological polar surface area (TPSA) is 77.0 Å². The van der Waals surface area contributed by atoms with Gasteiger partial charge < -0.3 is 5.73 Å². The summed E-state index contributed by atoms with van der Waals surface area (Å²) in [5, 5.41) is -3.52. The van der Waals surface area contributed by atoms with E-state index in [9.17, 15) is 8.78 Å². The minimum absolute atomic E-state index is 0.0648. The summed E-state index contributed by atoms with van der Waals surface area (Å²) < 4.78 is 25.6. The Balaban J connectivity index is 3.08. The molecule has 0 saturated carbocycles. The summed E-state index contributed by atoms with van der Waals surface area (Å²) in [5.74, 6) is 4.96. The fourth-order valence-electron chi connectivity index (χ4n) is 1.02. The highest BCUT2D eigenvalue weighted by atomic mass is 35.5. The van der Waals surface area contributed by atoms with Crippen LogP contribution in [-0.2, 0) is 0 Å². The number of hydrogen-bond acceptors (Lipinski definition) is 4. The Morgan fingerprint density at radius 1 is 1.57 bits per heavy atom. The van der Waals surface area contributed by atoms with Gasteiger partial charge in [0, 0.05) is 23.6 Å². The molecule has 0 saturated heterocycles. The molecule has 78 valence electrons. The third kappa shape index (κ3) is 2.28. The molecule has 1 rings (SSSR count). The van der Waals surface area contributed by atoms with Crippen molar-refractivity contribution >= 4 is 17.3 Å². The third-order valence-corrected chi connectivity index (χ3v) is 1.91. The number of rotatable bonds is 3. The molecule has 0 radical (unpaired) electrons. The second-order valence-electron chi connectivity index (χ2n) is 2.65. The Bertz CT molecular complexity index is 315. The molecule has 5 N–H and O–H groups in total. The van der Waals surface area contributed by atoms with Crippen LogP contribution in [0.3, 0.4) is 0 Å². The first-order chi connectivity index (χ1) is 6.46. The summed E-state index contributed by atoms with van der Waals surface area (Å²) >= 11 is 4.85. The number of anilines is 1. The van der Waals surface area contributed by atoms with E-state index in [1.165, 1.54) is 18.5 Å². The first-order valence-electron chi connectivity index (χ1n) is 3.69. The maximum atomic E-state index is 12.8. The fourth-order valence-corrected chi connectivity index (χ4v) is 1.20. The van der Waals surface area contributed by atoms with Crippen molar-refractivity contribution in [1.82, 2.24) is 10.4 Å². The summed E-state index contributed by atoms with van der Waals surface area (Å²) in [5.41, 5.74) is 7.58. The zero-order valence-electron chi connectivity index (χ0n) is 7.05. The standard InChI is InChI=1S/C7H9ClF2N4/c8-7(9,10)6(14-12)4-3-13-2-1-5(4)11/h1-3,6,14H,12H2,(H2,11,13). The van der Waals surface area contributed by atoms with Crippen LogP contribution in [0.5, 0.6) is 0 Å².